The van der Waals surface area contributed by atoms with Crippen molar-refractivity contribution in [1.29, 1.82) is 0 Å². The monoisotopic (exact) mass is 263 g/mol. The highest BCUT2D eigenvalue weighted by Crippen LogP contribution is 2.18. The first-order valence-corrected chi connectivity index (χ1v) is 6.21. The number of ether oxygens (including phenoxy) is 1. The van der Waals surface area contributed by atoms with Gasteiger partial charge in [-0.2, -0.15) is 4.98 Å². The molecule has 2 aromatic rings. The zero-order chi connectivity index (χ0) is 13.1. The van der Waals surface area contributed by atoms with Gasteiger partial charge in [0.05, 0.1) is 6.61 Å². The Labute approximate surface area is 109 Å². The van der Waals surface area contributed by atoms with E-state index in [1.165, 1.54) is 6.07 Å². The van der Waals surface area contributed by atoms with E-state index in [-0.39, 0.29) is 11.9 Å². The van der Waals surface area contributed by atoms with Crippen molar-refractivity contribution in [1.82, 2.24) is 15.5 Å². The third-order valence-corrected chi connectivity index (χ3v) is 2.99. The third kappa shape index (κ3) is 2.80. The lowest BCUT2D eigenvalue weighted by atomic mass is 10.1. The Morgan fingerprint density at radius 3 is 3.05 bits per heavy atom. The topological polar surface area (TPSA) is 60.2 Å². The van der Waals surface area contributed by atoms with Crippen molar-refractivity contribution in [3.8, 4) is 0 Å². The maximum atomic E-state index is 13.5. The number of nitrogens with one attached hydrogen (secondary N) is 1. The van der Waals surface area contributed by atoms with Crippen molar-refractivity contribution >= 4 is 0 Å². The number of aromatic nitrogens is 2. The Balaban J connectivity index is 1.73. The minimum atomic E-state index is -0.260. The maximum absolute atomic E-state index is 13.5. The van der Waals surface area contributed by atoms with Crippen molar-refractivity contribution in [2.75, 3.05) is 19.7 Å². The van der Waals surface area contributed by atoms with Gasteiger partial charge in [-0.05, 0) is 11.6 Å². The number of halogens is 1. The molecule has 1 unspecified atom stereocenters. The Bertz CT molecular complexity index is 552. The molecule has 0 spiro atoms. The molecule has 2 heterocycles. The van der Waals surface area contributed by atoms with E-state index in [9.17, 15) is 4.39 Å². The average Bonchev–Trinajstić information content (AvgIpc) is 2.91. The number of morpholine rings is 1. The van der Waals surface area contributed by atoms with Gasteiger partial charge in [-0.1, -0.05) is 23.4 Å². The maximum Gasteiger partial charge on any atom is 0.257 e. The summed E-state index contributed by atoms with van der Waals surface area (Å²) in [6, 6.07) is 6.57. The van der Waals surface area contributed by atoms with Gasteiger partial charge in [-0.3, -0.25) is 0 Å². The first-order chi connectivity index (χ1) is 9.33. The fourth-order valence-corrected chi connectivity index (χ4v) is 2.01. The lowest BCUT2D eigenvalue weighted by Gasteiger charge is -2.19. The minimum Gasteiger partial charge on any atom is -0.366 e. The molecular weight excluding hydrogens is 249 g/mol. The van der Waals surface area contributed by atoms with Crippen LogP contribution in [0.5, 0.6) is 0 Å². The van der Waals surface area contributed by atoms with Crippen LogP contribution in [0.3, 0.4) is 0 Å². The molecule has 0 bridgehead atoms. The second kappa shape index (κ2) is 5.46. The van der Waals surface area contributed by atoms with Gasteiger partial charge >= 0.3 is 0 Å². The molecule has 1 aliphatic rings. The molecule has 19 heavy (non-hydrogen) atoms. The largest absolute Gasteiger partial charge is 0.366 e. The second-order valence-electron chi connectivity index (χ2n) is 4.38. The molecule has 6 heteroatoms. The second-order valence-corrected chi connectivity index (χ2v) is 4.38. The van der Waals surface area contributed by atoms with E-state index in [1.807, 2.05) is 0 Å². The smallest absolute Gasteiger partial charge is 0.257 e. The van der Waals surface area contributed by atoms with Gasteiger partial charge in [0, 0.05) is 19.5 Å². The standard InChI is InChI=1S/C13H14FN3O2/c14-10-4-2-1-3-9(10)7-12-16-13(19-17-12)11-8-15-5-6-18-11/h1-4,11,15H,5-8H2. The van der Waals surface area contributed by atoms with Crippen LogP contribution in [-0.4, -0.2) is 29.8 Å². The van der Waals surface area contributed by atoms with Crippen LogP contribution in [-0.2, 0) is 11.2 Å². The Hall–Kier alpha value is -1.79. The van der Waals surface area contributed by atoms with Crippen LogP contribution in [0.1, 0.15) is 23.4 Å². The molecule has 1 saturated heterocycles. The fourth-order valence-electron chi connectivity index (χ4n) is 2.01. The molecule has 0 amide bonds. The van der Waals surface area contributed by atoms with Crippen molar-refractivity contribution in [2.45, 2.75) is 12.5 Å². The summed E-state index contributed by atoms with van der Waals surface area (Å²) in [4.78, 5) is 4.26. The SMILES string of the molecule is Fc1ccccc1Cc1noc(C2CNCCO2)n1. The minimum absolute atomic E-state index is 0.212. The zero-order valence-electron chi connectivity index (χ0n) is 10.3. The van der Waals surface area contributed by atoms with Gasteiger partial charge in [0.15, 0.2) is 5.82 Å². The lowest BCUT2D eigenvalue weighted by Crippen LogP contribution is -2.33. The first kappa shape index (κ1) is 12.3. The number of rotatable bonds is 3. The normalized spacial score (nSPS) is 19.5. The van der Waals surface area contributed by atoms with Gasteiger partial charge in [0.25, 0.3) is 5.89 Å². The highest BCUT2D eigenvalue weighted by atomic mass is 19.1. The van der Waals surface area contributed by atoms with Crippen LogP contribution in [0.2, 0.25) is 0 Å². The van der Waals surface area contributed by atoms with Crippen molar-refractivity contribution in [3.05, 3.63) is 47.4 Å². The van der Waals surface area contributed by atoms with E-state index >= 15 is 0 Å². The summed E-state index contributed by atoms with van der Waals surface area (Å²) in [5.41, 5.74) is 0.553. The van der Waals surface area contributed by atoms with E-state index < -0.39 is 0 Å². The molecule has 0 radical (unpaired) electrons. The fraction of sp³-hybridized carbons (Fsp3) is 0.385. The Morgan fingerprint density at radius 1 is 1.37 bits per heavy atom. The van der Waals surface area contributed by atoms with Crippen LogP contribution in [0.25, 0.3) is 0 Å². The van der Waals surface area contributed by atoms with Crippen LogP contribution in [0.4, 0.5) is 4.39 Å². The number of hydrogen-bond acceptors (Lipinski definition) is 5. The molecule has 5 nitrogen and oxygen atoms in total. The van der Waals surface area contributed by atoms with Crippen LogP contribution < -0.4 is 5.32 Å². The molecule has 1 fully saturated rings. The highest BCUT2D eigenvalue weighted by Gasteiger charge is 2.22. The molecule has 1 atom stereocenters. The van der Waals surface area contributed by atoms with Gasteiger partial charge in [-0.15, -0.1) is 0 Å². The predicted molar refractivity (Wildman–Crippen MR) is 65.1 cm³/mol. The lowest BCUT2D eigenvalue weighted by molar-refractivity contribution is 0.00755. The average molecular weight is 263 g/mol. The van der Waals surface area contributed by atoms with E-state index in [0.717, 1.165) is 6.54 Å². The van der Waals surface area contributed by atoms with Gasteiger partial charge in [-0.25, -0.2) is 4.39 Å². The van der Waals surface area contributed by atoms with Crippen molar-refractivity contribution in [2.24, 2.45) is 0 Å². The Kier molecular flexibility index (Phi) is 3.52. The quantitative estimate of drug-likeness (QED) is 0.908. The summed E-state index contributed by atoms with van der Waals surface area (Å²) in [5.74, 6) is 0.650. The molecular formula is C13H14FN3O2. The number of hydrogen-bond donors (Lipinski definition) is 1. The van der Waals surface area contributed by atoms with E-state index in [1.54, 1.807) is 18.2 Å². The van der Waals surface area contributed by atoms with E-state index in [2.05, 4.69) is 15.5 Å². The molecule has 1 aliphatic heterocycles. The van der Waals surface area contributed by atoms with Crippen LogP contribution in [0.15, 0.2) is 28.8 Å². The summed E-state index contributed by atoms with van der Waals surface area (Å²) in [7, 11) is 0. The molecule has 1 N–H and O–H groups in total. The highest BCUT2D eigenvalue weighted by molar-refractivity contribution is 5.20. The van der Waals surface area contributed by atoms with E-state index in [0.29, 0.717) is 36.9 Å². The summed E-state index contributed by atoms with van der Waals surface area (Å²) in [6.45, 7) is 2.10. The summed E-state index contributed by atoms with van der Waals surface area (Å²) in [5, 5.41) is 7.06. The number of nitrogens with zero attached hydrogens (tertiary/aromatic N) is 2. The van der Waals surface area contributed by atoms with E-state index in [4.69, 9.17) is 9.26 Å². The molecule has 3 rings (SSSR count). The Morgan fingerprint density at radius 2 is 2.26 bits per heavy atom. The zero-order valence-corrected chi connectivity index (χ0v) is 10.3. The van der Waals surface area contributed by atoms with Crippen LogP contribution >= 0.6 is 0 Å². The summed E-state index contributed by atoms with van der Waals surface area (Å²) < 4.78 is 24.2. The van der Waals surface area contributed by atoms with Gasteiger partial charge in [0.2, 0.25) is 0 Å². The van der Waals surface area contributed by atoms with Gasteiger partial charge in [0.1, 0.15) is 11.9 Å². The van der Waals surface area contributed by atoms with Crippen LogP contribution in [0, 0.1) is 5.82 Å². The molecule has 100 valence electrons. The molecule has 0 aliphatic carbocycles. The molecule has 0 saturated carbocycles. The van der Waals surface area contributed by atoms with Crippen molar-refractivity contribution in [3.63, 3.8) is 0 Å². The number of benzene rings is 1. The third-order valence-electron chi connectivity index (χ3n) is 2.99. The summed E-state index contributed by atoms with van der Waals surface area (Å²) in [6.07, 6.45) is 0.103. The molecule has 1 aromatic carbocycles. The van der Waals surface area contributed by atoms with Gasteiger partial charge < -0.3 is 14.6 Å². The molecule has 1 aromatic heterocycles. The first-order valence-electron chi connectivity index (χ1n) is 6.21. The predicted octanol–water partition coefficient (Wildman–Crippen LogP) is 1.46. The van der Waals surface area contributed by atoms with Crippen molar-refractivity contribution < 1.29 is 13.7 Å². The summed E-state index contributed by atoms with van der Waals surface area (Å²) >= 11 is 0.